The minimum atomic E-state index is 0.440. The van der Waals surface area contributed by atoms with Gasteiger partial charge in [0.05, 0.1) is 15.6 Å². The summed E-state index contributed by atoms with van der Waals surface area (Å²) in [6.45, 7) is 4.44. The Kier molecular flexibility index (Phi) is 6.56. The van der Waals surface area contributed by atoms with Crippen LogP contribution in [0.2, 0.25) is 15.1 Å². The van der Waals surface area contributed by atoms with E-state index in [2.05, 4.69) is 24.9 Å². The van der Waals surface area contributed by atoms with Gasteiger partial charge in [0.1, 0.15) is 11.3 Å². The third kappa shape index (κ3) is 4.21. The fraction of sp³-hybridized carbons (Fsp3) is 0.381. The van der Waals surface area contributed by atoms with Crippen LogP contribution < -0.4 is 4.74 Å². The number of fused-ring (bicyclic) bond motifs is 1. The van der Waals surface area contributed by atoms with Gasteiger partial charge in [-0.1, -0.05) is 67.6 Å². The Morgan fingerprint density at radius 2 is 1.70 bits per heavy atom. The van der Waals surface area contributed by atoms with Crippen molar-refractivity contribution in [1.29, 1.82) is 0 Å². The molecule has 0 atom stereocenters. The molecule has 144 valence electrons. The van der Waals surface area contributed by atoms with E-state index < -0.39 is 0 Å². The van der Waals surface area contributed by atoms with E-state index >= 15 is 0 Å². The first-order valence-electron chi connectivity index (χ1n) is 9.23. The van der Waals surface area contributed by atoms with Crippen molar-refractivity contribution in [2.24, 2.45) is 7.05 Å². The van der Waals surface area contributed by atoms with Gasteiger partial charge in [0.25, 0.3) is 0 Å². The van der Waals surface area contributed by atoms with Crippen LogP contribution in [0.5, 0.6) is 11.8 Å². The van der Waals surface area contributed by atoms with Crippen molar-refractivity contribution in [2.45, 2.75) is 45.4 Å². The predicted octanol–water partition coefficient (Wildman–Crippen LogP) is 8.01. The van der Waals surface area contributed by atoms with E-state index in [-0.39, 0.29) is 0 Å². The second kappa shape index (κ2) is 8.72. The fourth-order valence-corrected chi connectivity index (χ4v) is 4.17. The van der Waals surface area contributed by atoms with E-state index in [4.69, 9.17) is 39.5 Å². The average Bonchev–Trinajstić information content (AvgIpc) is 2.96. The number of aryl methyl sites for hydroxylation is 1. The number of nitrogens with zero attached hydrogens (tertiary/aromatic N) is 2. The highest BCUT2D eigenvalue weighted by atomic mass is 35.5. The van der Waals surface area contributed by atoms with Gasteiger partial charge in [0.15, 0.2) is 0 Å². The summed E-state index contributed by atoms with van der Waals surface area (Å²) in [4.78, 5) is 4.65. The Balaban J connectivity index is 2.10. The van der Waals surface area contributed by atoms with Gasteiger partial charge in [-0.15, -0.1) is 0 Å². The molecular weight excluding hydrogens is 403 g/mol. The highest BCUT2D eigenvalue weighted by Crippen LogP contribution is 2.38. The molecule has 0 radical (unpaired) electrons. The molecule has 0 saturated heterocycles. The second-order valence-corrected chi connectivity index (χ2v) is 7.99. The van der Waals surface area contributed by atoms with E-state index in [0.29, 0.717) is 32.7 Å². The van der Waals surface area contributed by atoms with Gasteiger partial charge in [-0.2, -0.15) is 4.98 Å². The molecular formula is C21H23Cl3N2O. The van der Waals surface area contributed by atoms with Gasteiger partial charge in [-0.05, 0) is 48.6 Å². The number of ether oxygens (including phenoxy) is 1. The molecule has 0 amide bonds. The Morgan fingerprint density at radius 1 is 1.00 bits per heavy atom. The molecule has 0 bridgehead atoms. The Morgan fingerprint density at radius 3 is 2.33 bits per heavy atom. The van der Waals surface area contributed by atoms with Gasteiger partial charge >= 0.3 is 6.01 Å². The van der Waals surface area contributed by atoms with Crippen molar-refractivity contribution in [3.63, 3.8) is 0 Å². The van der Waals surface area contributed by atoms with Crippen molar-refractivity contribution in [3.05, 3.63) is 51.0 Å². The van der Waals surface area contributed by atoms with Crippen LogP contribution in [0.1, 0.15) is 51.0 Å². The van der Waals surface area contributed by atoms with Gasteiger partial charge in [-0.3, -0.25) is 4.57 Å². The lowest BCUT2D eigenvalue weighted by molar-refractivity contribution is 0.427. The summed E-state index contributed by atoms with van der Waals surface area (Å²) in [7, 11) is 1.95. The first kappa shape index (κ1) is 20.3. The summed E-state index contributed by atoms with van der Waals surface area (Å²) in [5, 5.41) is 1.62. The number of imidazole rings is 1. The summed E-state index contributed by atoms with van der Waals surface area (Å²) in [6.07, 6.45) is 4.54. The lowest BCUT2D eigenvalue weighted by Crippen LogP contribution is -2.03. The van der Waals surface area contributed by atoms with Crippen molar-refractivity contribution < 1.29 is 4.74 Å². The second-order valence-electron chi connectivity index (χ2n) is 6.74. The Bertz CT molecular complexity index is 946. The molecule has 0 aliphatic carbocycles. The maximum atomic E-state index is 6.45. The minimum Gasteiger partial charge on any atom is -0.424 e. The topological polar surface area (TPSA) is 27.1 Å². The number of hydrogen-bond acceptors (Lipinski definition) is 2. The molecule has 0 spiro atoms. The molecule has 27 heavy (non-hydrogen) atoms. The first-order valence-corrected chi connectivity index (χ1v) is 10.4. The molecule has 0 N–H and O–H groups in total. The van der Waals surface area contributed by atoms with Crippen LogP contribution in [0.3, 0.4) is 0 Å². The third-order valence-corrected chi connectivity index (χ3v) is 5.61. The molecule has 0 aliphatic heterocycles. The molecule has 6 heteroatoms. The first-order chi connectivity index (χ1) is 13.0. The van der Waals surface area contributed by atoms with Crippen LogP contribution in [0.15, 0.2) is 30.3 Å². The molecule has 2 aromatic carbocycles. The summed E-state index contributed by atoms with van der Waals surface area (Å²) in [5.41, 5.74) is 3.05. The standard InChI is InChI=1S/C21H23Cl3N2O/c1-4-6-13(7-5-2)15-9-10-16(23)19-20(15)26(3)21(25-19)27-18-11-8-14(22)12-17(18)24/h8-13H,4-7H2,1-3H3. The van der Waals surface area contributed by atoms with E-state index in [1.54, 1.807) is 18.2 Å². The largest absolute Gasteiger partial charge is 0.424 e. The number of halogens is 3. The predicted molar refractivity (Wildman–Crippen MR) is 115 cm³/mol. The van der Waals surface area contributed by atoms with Crippen molar-refractivity contribution in [2.75, 3.05) is 0 Å². The zero-order chi connectivity index (χ0) is 19.6. The molecule has 1 heterocycles. The summed E-state index contributed by atoms with van der Waals surface area (Å²) in [5.74, 6) is 0.984. The molecule has 1 aromatic heterocycles. The summed E-state index contributed by atoms with van der Waals surface area (Å²) in [6, 6.07) is 9.64. The van der Waals surface area contributed by atoms with Gasteiger partial charge in [0, 0.05) is 12.1 Å². The highest BCUT2D eigenvalue weighted by molar-refractivity contribution is 6.35. The molecule has 3 nitrogen and oxygen atoms in total. The minimum absolute atomic E-state index is 0.440. The van der Waals surface area contributed by atoms with Crippen LogP contribution in [-0.4, -0.2) is 9.55 Å². The zero-order valence-corrected chi connectivity index (χ0v) is 18.0. The van der Waals surface area contributed by atoms with Crippen LogP contribution in [0, 0.1) is 0 Å². The van der Waals surface area contributed by atoms with Crippen molar-refractivity contribution in [1.82, 2.24) is 9.55 Å². The third-order valence-electron chi connectivity index (χ3n) is 4.77. The molecule has 0 fully saturated rings. The van der Waals surface area contributed by atoms with Crippen molar-refractivity contribution in [3.8, 4) is 11.8 Å². The van der Waals surface area contributed by atoms with Crippen LogP contribution in [0.25, 0.3) is 11.0 Å². The molecule has 3 rings (SSSR count). The molecule has 0 aliphatic rings. The van der Waals surface area contributed by atoms with Gasteiger partial charge in [-0.25, -0.2) is 0 Å². The van der Waals surface area contributed by atoms with Crippen molar-refractivity contribution >= 4 is 45.8 Å². The Labute approximate surface area is 175 Å². The van der Waals surface area contributed by atoms with Crippen LogP contribution in [0.4, 0.5) is 0 Å². The lowest BCUT2D eigenvalue weighted by Gasteiger charge is -2.18. The quantitative estimate of drug-likeness (QED) is 0.383. The molecule has 3 aromatic rings. The monoisotopic (exact) mass is 424 g/mol. The number of hydrogen-bond donors (Lipinski definition) is 0. The molecule has 0 saturated carbocycles. The van der Waals surface area contributed by atoms with Gasteiger partial charge in [0.2, 0.25) is 0 Å². The van der Waals surface area contributed by atoms with E-state index in [1.807, 2.05) is 17.7 Å². The SMILES string of the molecule is CCCC(CCC)c1ccc(Cl)c2nc(Oc3ccc(Cl)cc3Cl)n(C)c12. The zero-order valence-electron chi connectivity index (χ0n) is 15.7. The highest BCUT2D eigenvalue weighted by Gasteiger charge is 2.21. The lowest BCUT2D eigenvalue weighted by atomic mass is 9.89. The summed E-state index contributed by atoms with van der Waals surface area (Å²) < 4.78 is 7.95. The molecule has 0 unspecified atom stereocenters. The van der Waals surface area contributed by atoms with E-state index in [0.717, 1.165) is 36.7 Å². The van der Waals surface area contributed by atoms with Gasteiger partial charge < -0.3 is 4.74 Å². The smallest absolute Gasteiger partial charge is 0.302 e. The van der Waals surface area contributed by atoms with E-state index in [9.17, 15) is 0 Å². The maximum Gasteiger partial charge on any atom is 0.302 e. The van der Waals surface area contributed by atoms with Crippen LogP contribution in [-0.2, 0) is 7.05 Å². The Hall–Kier alpha value is -1.42. The van der Waals surface area contributed by atoms with E-state index in [1.165, 1.54) is 5.56 Å². The number of aromatic nitrogens is 2. The number of benzene rings is 2. The summed E-state index contributed by atoms with van der Waals surface area (Å²) >= 11 is 18.7. The normalized spacial score (nSPS) is 11.5. The number of rotatable bonds is 7. The maximum absolute atomic E-state index is 6.45. The average molecular weight is 426 g/mol. The van der Waals surface area contributed by atoms with Crippen LogP contribution >= 0.6 is 34.8 Å². The fourth-order valence-electron chi connectivity index (χ4n) is 3.53.